The van der Waals surface area contributed by atoms with Crippen molar-refractivity contribution in [1.82, 2.24) is 5.32 Å². The van der Waals surface area contributed by atoms with Gasteiger partial charge in [0, 0.05) is 22.5 Å². The number of nitrogens with one attached hydrogen (secondary N) is 3. The Morgan fingerprint density at radius 1 is 0.793 bits per heavy atom. The van der Waals surface area contributed by atoms with Gasteiger partial charge in [0.25, 0.3) is 5.91 Å². The molecule has 7 heteroatoms. The van der Waals surface area contributed by atoms with Crippen LogP contribution in [0.3, 0.4) is 0 Å². The summed E-state index contributed by atoms with van der Waals surface area (Å²) in [6.07, 6.45) is 0. The molecule has 154 valence electrons. The lowest BCUT2D eigenvalue weighted by Gasteiger charge is -2.20. The van der Waals surface area contributed by atoms with E-state index >= 15 is 0 Å². The Bertz CT molecular complexity index is 856. The van der Waals surface area contributed by atoms with E-state index in [1.165, 1.54) is 11.8 Å². The summed E-state index contributed by atoms with van der Waals surface area (Å²) >= 11 is 1.24. The standard InChI is InChI=1S/C22H27N3O3S/c1-15-5-9-17(10-6-15)23-19(26)13-29-14-20(27)24-18-11-7-16(8-12-18)21(28)25-22(2,3)4/h5-12H,13-14H2,1-4H3,(H,23,26)(H,24,27)(H,25,28). The number of benzene rings is 2. The van der Waals surface area contributed by atoms with Crippen LogP contribution in [0.4, 0.5) is 11.4 Å². The van der Waals surface area contributed by atoms with Gasteiger partial charge in [-0.3, -0.25) is 14.4 Å². The average Bonchev–Trinajstić information content (AvgIpc) is 2.63. The second-order valence-corrected chi connectivity index (χ2v) is 8.72. The van der Waals surface area contributed by atoms with Gasteiger partial charge >= 0.3 is 0 Å². The van der Waals surface area contributed by atoms with Crippen LogP contribution in [0.25, 0.3) is 0 Å². The molecule has 0 saturated heterocycles. The van der Waals surface area contributed by atoms with E-state index in [0.717, 1.165) is 11.3 Å². The molecule has 0 radical (unpaired) electrons. The highest BCUT2D eigenvalue weighted by atomic mass is 32.2. The van der Waals surface area contributed by atoms with E-state index in [-0.39, 0.29) is 34.8 Å². The maximum atomic E-state index is 12.1. The van der Waals surface area contributed by atoms with Crippen LogP contribution in [0.1, 0.15) is 36.7 Å². The lowest BCUT2D eigenvalue weighted by Crippen LogP contribution is -2.40. The van der Waals surface area contributed by atoms with Crippen molar-refractivity contribution in [2.24, 2.45) is 0 Å². The first kappa shape index (κ1) is 22.5. The van der Waals surface area contributed by atoms with E-state index in [9.17, 15) is 14.4 Å². The fourth-order valence-electron chi connectivity index (χ4n) is 2.39. The molecule has 0 aliphatic heterocycles. The van der Waals surface area contributed by atoms with Crippen molar-refractivity contribution < 1.29 is 14.4 Å². The summed E-state index contributed by atoms with van der Waals surface area (Å²) in [4.78, 5) is 36.1. The maximum absolute atomic E-state index is 12.1. The van der Waals surface area contributed by atoms with Gasteiger partial charge < -0.3 is 16.0 Å². The van der Waals surface area contributed by atoms with Gasteiger partial charge in [0.2, 0.25) is 11.8 Å². The van der Waals surface area contributed by atoms with Gasteiger partial charge in [-0.25, -0.2) is 0 Å². The lowest BCUT2D eigenvalue weighted by atomic mass is 10.1. The first-order valence-corrected chi connectivity index (χ1v) is 10.4. The van der Waals surface area contributed by atoms with E-state index in [0.29, 0.717) is 11.3 Å². The van der Waals surface area contributed by atoms with Crippen LogP contribution >= 0.6 is 11.8 Å². The van der Waals surface area contributed by atoms with E-state index in [2.05, 4.69) is 16.0 Å². The number of anilines is 2. The van der Waals surface area contributed by atoms with E-state index in [1.54, 1.807) is 24.3 Å². The third-order valence-corrected chi connectivity index (χ3v) is 4.65. The number of amides is 3. The molecule has 2 aromatic rings. The Balaban J connectivity index is 1.74. The molecule has 3 N–H and O–H groups in total. The quantitative estimate of drug-likeness (QED) is 0.644. The normalized spacial score (nSPS) is 10.9. The molecule has 0 saturated carbocycles. The summed E-state index contributed by atoms with van der Waals surface area (Å²) in [7, 11) is 0. The van der Waals surface area contributed by atoms with Gasteiger partial charge in [-0.2, -0.15) is 0 Å². The predicted molar refractivity (Wildman–Crippen MR) is 119 cm³/mol. The van der Waals surface area contributed by atoms with Crippen LogP contribution in [0.2, 0.25) is 0 Å². The number of hydrogen-bond donors (Lipinski definition) is 3. The van der Waals surface area contributed by atoms with Crippen LogP contribution in [0.5, 0.6) is 0 Å². The van der Waals surface area contributed by atoms with Gasteiger partial charge in [-0.15, -0.1) is 11.8 Å². The molecule has 0 aliphatic rings. The number of rotatable bonds is 7. The van der Waals surface area contributed by atoms with Crippen LogP contribution in [0, 0.1) is 6.92 Å². The number of thioether (sulfide) groups is 1. The summed E-state index contributed by atoms with van der Waals surface area (Å²) in [5.74, 6) is -0.169. The van der Waals surface area contributed by atoms with Crippen LogP contribution in [-0.2, 0) is 9.59 Å². The molecule has 29 heavy (non-hydrogen) atoms. The summed E-state index contributed by atoms with van der Waals surface area (Å²) in [5, 5.41) is 8.45. The Morgan fingerprint density at radius 3 is 1.69 bits per heavy atom. The molecule has 0 spiro atoms. The molecule has 2 rings (SSSR count). The van der Waals surface area contributed by atoms with Crippen LogP contribution in [0.15, 0.2) is 48.5 Å². The molecular formula is C22H27N3O3S. The molecule has 6 nitrogen and oxygen atoms in total. The fourth-order valence-corrected chi connectivity index (χ4v) is 3.00. The number of carbonyl (C=O) groups excluding carboxylic acids is 3. The molecule has 3 amide bonds. The minimum Gasteiger partial charge on any atom is -0.347 e. The molecule has 2 aromatic carbocycles. The highest BCUT2D eigenvalue weighted by Gasteiger charge is 2.15. The molecule has 0 fully saturated rings. The lowest BCUT2D eigenvalue weighted by molar-refractivity contribution is -0.114. The smallest absolute Gasteiger partial charge is 0.251 e. The Hall–Kier alpha value is -2.80. The summed E-state index contributed by atoms with van der Waals surface area (Å²) in [5.41, 5.74) is 2.68. The summed E-state index contributed by atoms with van der Waals surface area (Å²) < 4.78 is 0. The van der Waals surface area contributed by atoms with Gasteiger partial charge in [0.05, 0.1) is 11.5 Å². The Kier molecular flexibility index (Phi) is 7.84. The maximum Gasteiger partial charge on any atom is 0.251 e. The molecular weight excluding hydrogens is 386 g/mol. The van der Waals surface area contributed by atoms with Gasteiger partial charge in [-0.1, -0.05) is 17.7 Å². The molecule has 0 aromatic heterocycles. The zero-order valence-corrected chi connectivity index (χ0v) is 18.0. The number of hydrogen-bond acceptors (Lipinski definition) is 4. The minimum absolute atomic E-state index is 0.152. The third kappa shape index (κ3) is 8.39. The first-order valence-electron chi connectivity index (χ1n) is 9.29. The second kappa shape index (κ2) is 10.1. The highest BCUT2D eigenvalue weighted by molar-refractivity contribution is 8.00. The second-order valence-electron chi connectivity index (χ2n) is 7.74. The molecule has 0 bridgehead atoms. The molecule has 0 heterocycles. The third-order valence-electron chi connectivity index (χ3n) is 3.72. The fraction of sp³-hybridized carbons (Fsp3) is 0.318. The Morgan fingerprint density at radius 2 is 1.24 bits per heavy atom. The number of aryl methyl sites for hydroxylation is 1. The van der Waals surface area contributed by atoms with Crippen molar-refractivity contribution in [3.05, 3.63) is 59.7 Å². The van der Waals surface area contributed by atoms with Gasteiger partial charge in [0.1, 0.15) is 0 Å². The summed E-state index contributed by atoms with van der Waals surface area (Å²) in [6.45, 7) is 7.73. The van der Waals surface area contributed by atoms with Crippen molar-refractivity contribution in [3.63, 3.8) is 0 Å². The monoisotopic (exact) mass is 413 g/mol. The molecule has 0 unspecified atom stereocenters. The zero-order chi connectivity index (χ0) is 21.4. The van der Waals surface area contributed by atoms with Crippen molar-refractivity contribution in [3.8, 4) is 0 Å². The first-order chi connectivity index (χ1) is 13.6. The number of carbonyl (C=O) groups is 3. The Labute approximate surface area is 175 Å². The van der Waals surface area contributed by atoms with E-state index in [1.807, 2.05) is 52.0 Å². The van der Waals surface area contributed by atoms with Crippen LogP contribution < -0.4 is 16.0 Å². The molecule has 0 atom stereocenters. The van der Waals surface area contributed by atoms with Crippen molar-refractivity contribution in [2.45, 2.75) is 33.2 Å². The average molecular weight is 414 g/mol. The largest absolute Gasteiger partial charge is 0.347 e. The van der Waals surface area contributed by atoms with Gasteiger partial charge in [-0.05, 0) is 64.1 Å². The van der Waals surface area contributed by atoms with Crippen molar-refractivity contribution in [1.29, 1.82) is 0 Å². The zero-order valence-electron chi connectivity index (χ0n) is 17.2. The topological polar surface area (TPSA) is 87.3 Å². The van der Waals surface area contributed by atoms with Crippen LogP contribution in [-0.4, -0.2) is 34.8 Å². The van der Waals surface area contributed by atoms with E-state index < -0.39 is 0 Å². The SMILES string of the molecule is Cc1ccc(NC(=O)CSCC(=O)Nc2ccc(C(=O)NC(C)(C)C)cc2)cc1. The van der Waals surface area contributed by atoms with E-state index in [4.69, 9.17) is 0 Å². The minimum atomic E-state index is -0.313. The van der Waals surface area contributed by atoms with Crippen molar-refractivity contribution >= 4 is 40.9 Å². The van der Waals surface area contributed by atoms with Gasteiger partial charge in [0.15, 0.2) is 0 Å². The highest BCUT2D eigenvalue weighted by Crippen LogP contribution is 2.13. The predicted octanol–water partition coefficient (Wildman–Crippen LogP) is 3.83. The summed E-state index contributed by atoms with van der Waals surface area (Å²) in [6, 6.07) is 14.2. The van der Waals surface area contributed by atoms with Crippen molar-refractivity contribution in [2.75, 3.05) is 22.1 Å². The molecule has 0 aliphatic carbocycles.